The molecule has 0 saturated carbocycles. The molecule has 46 heavy (non-hydrogen) atoms. The van der Waals surface area contributed by atoms with E-state index in [4.69, 9.17) is 18.9 Å². The van der Waals surface area contributed by atoms with Crippen molar-refractivity contribution < 1.29 is 38.1 Å². The molecule has 0 aromatic heterocycles. The fraction of sp³-hybridized carbons (Fsp3) is 0.526. The molecular formula is C38H52O8. The van der Waals surface area contributed by atoms with Crippen LogP contribution in [0.5, 0.6) is 0 Å². The number of esters is 2. The number of hydrogen-bond acceptors (Lipinski definition) is 8. The summed E-state index contributed by atoms with van der Waals surface area (Å²) in [5.74, 6) is -2.20. The summed E-state index contributed by atoms with van der Waals surface area (Å²) < 4.78 is 23.1. The summed E-state index contributed by atoms with van der Waals surface area (Å²) >= 11 is 0. The predicted molar refractivity (Wildman–Crippen MR) is 178 cm³/mol. The van der Waals surface area contributed by atoms with Crippen LogP contribution < -0.4 is 0 Å². The zero-order valence-electron chi connectivity index (χ0n) is 29.1. The van der Waals surface area contributed by atoms with E-state index in [0.29, 0.717) is 26.1 Å². The molecule has 0 aliphatic rings. The zero-order valence-corrected chi connectivity index (χ0v) is 29.1. The molecule has 2 rings (SSSR count). The first kappa shape index (κ1) is 38.6. The molecule has 0 amide bonds. The molecule has 0 heterocycles. The molecule has 0 bridgehead atoms. The van der Waals surface area contributed by atoms with E-state index in [2.05, 4.69) is 55.1 Å². The maximum atomic E-state index is 12.1. The van der Waals surface area contributed by atoms with Crippen molar-refractivity contribution in [3.63, 3.8) is 0 Å². The van der Waals surface area contributed by atoms with Crippen LogP contribution in [0.2, 0.25) is 0 Å². The Morgan fingerprint density at radius 3 is 1.46 bits per heavy atom. The van der Waals surface area contributed by atoms with Crippen LogP contribution in [0.1, 0.15) is 110 Å². The number of carbonyl (C=O) groups is 4. The van der Waals surface area contributed by atoms with E-state index in [1.165, 1.54) is 24.1 Å². The van der Waals surface area contributed by atoms with Crippen LogP contribution in [0.25, 0.3) is 0 Å². The Kier molecular flexibility index (Phi) is 13.6. The molecule has 0 radical (unpaired) electrons. The van der Waals surface area contributed by atoms with E-state index in [1.807, 2.05) is 41.5 Å². The van der Waals surface area contributed by atoms with Gasteiger partial charge in [-0.05, 0) is 91.0 Å². The van der Waals surface area contributed by atoms with Gasteiger partial charge >= 0.3 is 11.9 Å². The number of hydrogen-bond donors (Lipinski definition) is 0. The van der Waals surface area contributed by atoms with Gasteiger partial charge in [0.1, 0.15) is 17.0 Å². The van der Waals surface area contributed by atoms with E-state index in [0.717, 1.165) is 17.5 Å². The second-order valence-electron chi connectivity index (χ2n) is 13.9. The maximum Gasteiger partial charge on any atom is 0.375 e. The number of ether oxygens (including phenoxy) is 4. The average molecular weight is 637 g/mol. The molecule has 0 aliphatic heterocycles. The minimum Gasteiger partial charge on any atom is -0.456 e. The van der Waals surface area contributed by atoms with Crippen molar-refractivity contribution >= 4 is 23.5 Å². The summed E-state index contributed by atoms with van der Waals surface area (Å²) in [5.41, 5.74) is 1.81. The minimum absolute atomic E-state index is 0.0314. The Balaban J connectivity index is 1.89. The van der Waals surface area contributed by atoms with Crippen molar-refractivity contribution in [1.82, 2.24) is 0 Å². The van der Waals surface area contributed by atoms with Crippen molar-refractivity contribution in [2.45, 2.75) is 117 Å². The first-order valence-corrected chi connectivity index (χ1v) is 15.8. The van der Waals surface area contributed by atoms with Crippen molar-refractivity contribution in [3.05, 3.63) is 83.4 Å². The van der Waals surface area contributed by atoms with Crippen LogP contribution in [0.4, 0.5) is 0 Å². The zero-order chi connectivity index (χ0) is 34.8. The smallest absolute Gasteiger partial charge is 0.375 e. The fourth-order valence-electron chi connectivity index (χ4n) is 4.67. The lowest BCUT2D eigenvalue weighted by Crippen LogP contribution is -2.34. The van der Waals surface area contributed by atoms with Gasteiger partial charge in [0.15, 0.2) is 0 Å². The van der Waals surface area contributed by atoms with E-state index in [1.54, 1.807) is 13.8 Å². The van der Waals surface area contributed by atoms with Crippen molar-refractivity contribution in [1.29, 1.82) is 0 Å². The molecular weight excluding hydrogens is 584 g/mol. The van der Waals surface area contributed by atoms with Gasteiger partial charge in [0.25, 0.3) is 0 Å². The van der Waals surface area contributed by atoms with Crippen LogP contribution in [0.15, 0.2) is 61.2 Å². The summed E-state index contributed by atoms with van der Waals surface area (Å²) in [6.45, 7) is 20.8. The van der Waals surface area contributed by atoms with E-state index in [-0.39, 0.29) is 18.6 Å². The van der Waals surface area contributed by atoms with Crippen molar-refractivity contribution in [3.8, 4) is 0 Å². The highest BCUT2D eigenvalue weighted by atomic mass is 16.6. The van der Waals surface area contributed by atoms with Crippen LogP contribution >= 0.6 is 0 Å². The van der Waals surface area contributed by atoms with Gasteiger partial charge in [0.2, 0.25) is 5.78 Å². The molecule has 8 nitrogen and oxygen atoms in total. The molecule has 0 atom stereocenters. The number of Topliss-reactive ketones (excluding diaryl/α,β-unsaturated/α-hetero) is 2. The monoisotopic (exact) mass is 636 g/mol. The molecule has 252 valence electrons. The highest BCUT2D eigenvalue weighted by molar-refractivity contribution is 6.33. The molecule has 8 heteroatoms. The lowest BCUT2D eigenvalue weighted by Gasteiger charge is -2.30. The standard InChI is InChI=1S/C38H52O8/c1-11-33(41)45-35(3,4)22-24-43-37(7,8)30-17-13-28(14-18-30)26-29-15-19-31(20-16-29)38(9,10)44-25-23-36(5,6)46-34(42)32(40)21-12-27(2)39/h11,13-20H,1,12,21-26H2,2-10H3. The highest BCUT2D eigenvalue weighted by Gasteiger charge is 2.29. The second-order valence-corrected chi connectivity index (χ2v) is 13.9. The second kappa shape index (κ2) is 16.3. The molecule has 0 spiro atoms. The molecule has 0 unspecified atom stereocenters. The quantitative estimate of drug-likeness (QED) is 0.0897. The first-order chi connectivity index (χ1) is 21.2. The highest BCUT2D eigenvalue weighted by Crippen LogP contribution is 2.29. The molecule has 0 aliphatic carbocycles. The number of rotatable bonds is 19. The fourth-order valence-corrected chi connectivity index (χ4v) is 4.67. The lowest BCUT2D eigenvalue weighted by atomic mass is 9.93. The SMILES string of the molecule is C=CC(=O)OC(C)(C)CCOC(C)(C)c1ccc(Cc2ccc(C(C)(C)OCCC(C)(C)OC(=O)C(=O)CCC(C)=O)cc2)cc1. The topological polar surface area (TPSA) is 105 Å². The van der Waals surface area contributed by atoms with E-state index < -0.39 is 40.1 Å². The summed E-state index contributed by atoms with van der Waals surface area (Å²) in [6, 6.07) is 16.7. The summed E-state index contributed by atoms with van der Waals surface area (Å²) in [7, 11) is 0. The van der Waals surface area contributed by atoms with Gasteiger partial charge < -0.3 is 23.7 Å². The predicted octanol–water partition coefficient (Wildman–Crippen LogP) is 7.33. The van der Waals surface area contributed by atoms with Crippen molar-refractivity contribution in [2.24, 2.45) is 0 Å². The number of carbonyl (C=O) groups excluding carboxylic acids is 4. The third kappa shape index (κ3) is 13.0. The Morgan fingerprint density at radius 2 is 1.07 bits per heavy atom. The maximum absolute atomic E-state index is 12.1. The molecule has 2 aromatic rings. The number of ketones is 2. The van der Waals surface area contributed by atoms with Gasteiger partial charge in [0, 0.05) is 31.8 Å². The van der Waals surface area contributed by atoms with Crippen LogP contribution in [-0.2, 0) is 55.7 Å². The van der Waals surface area contributed by atoms with Gasteiger partial charge in [0.05, 0.1) is 24.4 Å². The third-order valence-electron chi connectivity index (χ3n) is 7.88. The Hall–Kier alpha value is -3.62. The van der Waals surface area contributed by atoms with E-state index in [9.17, 15) is 19.2 Å². The molecule has 2 aromatic carbocycles. The Morgan fingerprint density at radius 1 is 0.652 bits per heavy atom. The summed E-state index contributed by atoms with van der Waals surface area (Å²) in [5, 5.41) is 0. The van der Waals surface area contributed by atoms with E-state index >= 15 is 0 Å². The van der Waals surface area contributed by atoms with Crippen LogP contribution in [0.3, 0.4) is 0 Å². The molecule has 0 saturated heterocycles. The molecule has 0 fully saturated rings. The van der Waals surface area contributed by atoms with Crippen LogP contribution in [-0.4, -0.2) is 47.9 Å². The normalized spacial score (nSPS) is 12.4. The summed E-state index contributed by atoms with van der Waals surface area (Å²) in [4.78, 5) is 46.7. The third-order valence-corrected chi connectivity index (χ3v) is 7.88. The largest absolute Gasteiger partial charge is 0.456 e. The number of benzene rings is 2. The average Bonchev–Trinajstić information content (AvgIpc) is 2.95. The minimum atomic E-state index is -0.919. The molecule has 0 N–H and O–H groups in total. The van der Waals surface area contributed by atoms with Gasteiger partial charge in [-0.15, -0.1) is 0 Å². The van der Waals surface area contributed by atoms with Gasteiger partial charge in [-0.25, -0.2) is 9.59 Å². The Bertz CT molecular complexity index is 1350. The van der Waals surface area contributed by atoms with Gasteiger partial charge in [-0.1, -0.05) is 55.1 Å². The summed E-state index contributed by atoms with van der Waals surface area (Å²) in [6.07, 6.45) is 2.80. The van der Waals surface area contributed by atoms with Crippen LogP contribution in [0, 0.1) is 0 Å². The first-order valence-electron chi connectivity index (χ1n) is 15.8. The van der Waals surface area contributed by atoms with Gasteiger partial charge in [-0.2, -0.15) is 0 Å². The van der Waals surface area contributed by atoms with Gasteiger partial charge in [-0.3, -0.25) is 4.79 Å². The lowest BCUT2D eigenvalue weighted by molar-refractivity contribution is -0.166. The van der Waals surface area contributed by atoms with Crippen molar-refractivity contribution in [2.75, 3.05) is 13.2 Å². The Labute approximate surface area is 274 Å².